The number of rotatable bonds is 5. The minimum Gasteiger partial charge on any atom is -0.490 e. The van der Waals surface area contributed by atoms with Crippen LogP contribution >= 0.6 is 15.9 Å². The van der Waals surface area contributed by atoms with Crippen LogP contribution in [0.15, 0.2) is 34.8 Å². The number of anilines is 2. The molecule has 2 heterocycles. The summed E-state index contributed by atoms with van der Waals surface area (Å²) in [5.74, 6) is 0.327. The number of piperidine rings is 1. The first-order chi connectivity index (χ1) is 16.4. The van der Waals surface area contributed by atoms with Crippen LogP contribution in [0.2, 0.25) is 0 Å². The number of alkyl halides is 3. The summed E-state index contributed by atoms with van der Waals surface area (Å²) in [5, 5.41) is 5.19. The van der Waals surface area contributed by atoms with Gasteiger partial charge in [-0.3, -0.25) is 0 Å². The molecule has 0 radical (unpaired) electrons. The zero-order valence-electron chi connectivity index (χ0n) is 19.9. The number of carbonyl (C=O) groups is 1. The lowest BCUT2D eigenvalue weighted by molar-refractivity contribution is -0.139. The fourth-order valence-corrected chi connectivity index (χ4v) is 4.91. The molecule has 1 saturated heterocycles. The van der Waals surface area contributed by atoms with E-state index in [1.807, 2.05) is 13.8 Å². The van der Waals surface area contributed by atoms with Crippen molar-refractivity contribution in [2.75, 3.05) is 30.3 Å². The number of halogens is 4. The van der Waals surface area contributed by atoms with Gasteiger partial charge in [0.05, 0.1) is 11.3 Å². The van der Waals surface area contributed by atoms with Gasteiger partial charge in [0.15, 0.2) is 0 Å². The summed E-state index contributed by atoms with van der Waals surface area (Å²) in [7, 11) is 0. The highest BCUT2D eigenvalue weighted by atomic mass is 79.9. The third kappa shape index (κ3) is 6.03. The van der Waals surface area contributed by atoms with Crippen molar-refractivity contribution in [1.82, 2.24) is 4.90 Å². The Bertz CT molecular complexity index is 1100. The van der Waals surface area contributed by atoms with Gasteiger partial charge in [-0.05, 0) is 63.6 Å². The maximum atomic E-state index is 13.8. The zero-order chi connectivity index (χ0) is 25.4. The van der Waals surface area contributed by atoms with E-state index >= 15 is 0 Å². The Morgan fingerprint density at radius 1 is 1.20 bits per heavy atom. The number of nitrogens with one attached hydrogen (secondary N) is 2. The zero-order valence-corrected chi connectivity index (χ0v) is 21.5. The summed E-state index contributed by atoms with van der Waals surface area (Å²) in [6, 6.07) is 6.41. The van der Waals surface area contributed by atoms with Crippen LogP contribution in [0, 0.1) is 0 Å². The highest BCUT2D eigenvalue weighted by Gasteiger charge is 2.36. The summed E-state index contributed by atoms with van der Waals surface area (Å²) < 4.78 is 54.0. The fourth-order valence-electron chi connectivity index (χ4n) is 4.46. The molecule has 190 valence electrons. The van der Waals surface area contributed by atoms with E-state index in [1.165, 1.54) is 12.1 Å². The van der Waals surface area contributed by atoms with Gasteiger partial charge in [0.1, 0.15) is 23.2 Å². The molecule has 10 heteroatoms. The van der Waals surface area contributed by atoms with Gasteiger partial charge in [-0.25, -0.2) is 4.79 Å². The molecule has 2 amide bonds. The molecule has 6 nitrogen and oxygen atoms in total. The van der Waals surface area contributed by atoms with Crippen LogP contribution < -0.4 is 20.1 Å². The first kappa shape index (κ1) is 25.6. The second kappa shape index (κ2) is 9.89. The minimum atomic E-state index is -4.63. The number of hydrogen-bond donors (Lipinski definition) is 2. The standard InChI is InChI=1S/C25H29BrF3N3O3/c1-4-32-11-9-16(10-12-32)34-21-8-5-15(13-18(21)25(27,28)29)30-23(33)31-20-7-6-19(26)17-14-24(2,3)35-22(17)20/h5-8,13,16H,4,9-12,14H2,1-3H3,(H2,30,31,33). The number of ether oxygens (including phenoxy) is 2. The summed E-state index contributed by atoms with van der Waals surface area (Å²) in [6.07, 6.45) is -2.90. The quantitative estimate of drug-likeness (QED) is 0.431. The molecule has 0 atom stereocenters. The fraction of sp³-hybridized carbons (Fsp3) is 0.480. The highest BCUT2D eigenvalue weighted by molar-refractivity contribution is 9.10. The van der Waals surface area contributed by atoms with E-state index in [0.29, 0.717) is 30.7 Å². The van der Waals surface area contributed by atoms with Crippen LogP contribution in [0.1, 0.15) is 44.7 Å². The predicted octanol–water partition coefficient (Wildman–Crippen LogP) is 6.69. The number of nitrogens with zero attached hydrogens (tertiary/aromatic N) is 1. The first-order valence-corrected chi connectivity index (χ1v) is 12.4. The summed E-state index contributed by atoms with van der Waals surface area (Å²) in [6.45, 7) is 8.45. The molecular formula is C25H29BrF3N3O3. The number of likely N-dealkylation sites (tertiary alicyclic amines) is 1. The highest BCUT2D eigenvalue weighted by Crippen LogP contribution is 2.44. The Balaban J connectivity index is 1.47. The van der Waals surface area contributed by atoms with Gasteiger partial charge in [0.25, 0.3) is 0 Å². The second-order valence-electron chi connectivity index (χ2n) is 9.48. The molecule has 2 aromatic carbocycles. The van der Waals surface area contributed by atoms with Crippen LogP contribution in [0.3, 0.4) is 0 Å². The van der Waals surface area contributed by atoms with Gasteiger partial charge < -0.3 is 25.0 Å². The number of benzene rings is 2. The lowest BCUT2D eigenvalue weighted by Crippen LogP contribution is -2.38. The Kier molecular flexibility index (Phi) is 7.24. The van der Waals surface area contributed by atoms with Crippen molar-refractivity contribution in [3.8, 4) is 11.5 Å². The molecule has 2 N–H and O–H groups in total. The van der Waals surface area contributed by atoms with Gasteiger partial charge >= 0.3 is 12.2 Å². The molecule has 2 aliphatic heterocycles. The second-order valence-corrected chi connectivity index (χ2v) is 10.3. The summed E-state index contributed by atoms with van der Waals surface area (Å²) in [5.41, 5.74) is 0.0453. The van der Waals surface area contributed by atoms with Crippen molar-refractivity contribution in [1.29, 1.82) is 0 Å². The molecule has 0 unspecified atom stereocenters. The molecule has 0 saturated carbocycles. The predicted molar refractivity (Wildman–Crippen MR) is 132 cm³/mol. The SMILES string of the molecule is CCN1CCC(Oc2ccc(NC(=O)Nc3ccc(Br)c4c3OC(C)(C)C4)cc2C(F)(F)F)CC1. The van der Waals surface area contributed by atoms with Crippen LogP contribution in [0.4, 0.5) is 29.3 Å². The van der Waals surface area contributed by atoms with Crippen molar-refractivity contribution in [2.45, 2.75) is 57.9 Å². The van der Waals surface area contributed by atoms with Crippen molar-refractivity contribution in [3.05, 3.63) is 45.9 Å². The Labute approximate surface area is 211 Å². The van der Waals surface area contributed by atoms with Gasteiger partial charge in [-0.15, -0.1) is 0 Å². The van der Waals surface area contributed by atoms with Gasteiger partial charge in [0.2, 0.25) is 0 Å². The average molecular weight is 556 g/mol. The molecule has 0 aromatic heterocycles. The molecule has 35 heavy (non-hydrogen) atoms. The van der Waals surface area contributed by atoms with Gasteiger partial charge in [0, 0.05) is 35.2 Å². The van der Waals surface area contributed by atoms with Crippen LogP contribution in [0.5, 0.6) is 11.5 Å². The monoisotopic (exact) mass is 555 g/mol. The van der Waals surface area contributed by atoms with Crippen molar-refractivity contribution in [3.63, 3.8) is 0 Å². The normalized spacial score (nSPS) is 18.0. The molecule has 4 rings (SSSR count). The lowest BCUT2D eigenvalue weighted by atomic mass is 10.0. The van der Waals surface area contributed by atoms with E-state index in [0.717, 1.165) is 35.7 Å². The number of amides is 2. The van der Waals surface area contributed by atoms with Crippen LogP contribution in [0.25, 0.3) is 0 Å². The van der Waals surface area contributed by atoms with E-state index in [1.54, 1.807) is 12.1 Å². The summed E-state index contributed by atoms with van der Waals surface area (Å²) in [4.78, 5) is 14.9. The van der Waals surface area contributed by atoms with Crippen molar-refractivity contribution < 1.29 is 27.4 Å². The smallest absolute Gasteiger partial charge is 0.420 e. The number of carbonyl (C=O) groups excluding carboxylic acids is 1. The van der Waals surface area contributed by atoms with Crippen LogP contribution in [-0.2, 0) is 12.6 Å². The van der Waals surface area contributed by atoms with E-state index in [9.17, 15) is 18.0 Å². The molecule has 0 spiro atoms. The molecule has 2 aliphatic rings. The van der Waals surface area contributed by atoms with Gasteiger partial charge in [-0.2, -0.15) is 13.2 Å². The summed E-state index contributed by atoms with van der Waals surface area (Å²) >= 11 is 3.50. The molecule has 1 fully saturated rings. The Hall–Kier alpha value is -2.46. The maximum absolute atomic E-state index is 13.8. The third-order valence-electron chi connectivity index (χ3n) is 6.25. The largest absolute Gasteiger partial charge is 0.490 e. The third-order valence-corrected chi connectivity index (χ3v) is 6.99. The van der Waals surface area contributed by atoms with Crippen molar-refractivity contribution in [2.24, 2.45) is 0 Å². The van der Waals surface area contributed by atoms with E-state index in [4.69, 9.17) is 9.47 Å². The van der Waals surface area contributed by atoms with Crippen LogP contribution in [-0.4, -0.2) is 42.3 Å². The average Bonchev–Trinajstić information content (AvgIpc) is 3.13. The van der Waals surface area contributed by atoms with Gasteiger partial charge in [-0.1, -0.05) is 22.9 Å². The molecular weight excluding hydrogens is 527 g/mol. The molecule has 0 bridgehead atoms. The number of fused-ring (bicyclic) bond motifs is 1. The lowest BCUT2D eigenvalue weighted by Gasteiger charge is -2.31. The van der Waals surface area contributed by atoms with E-state index < -0.39 is 23.4 Å². The molecule has 0 aliphatic carbocycles. The maximum Gasteiger partial charge on any atom is 0.420 e. The Morgan fingerprint density at radius 3 is 2.57 bits per heavy atom. The van der Waals surface area contributed by atoms with E-state index in [-0.39, 0.29) is 17.5 Å². The first-order valence-electron chi connectivity index (χ1n) is 11.6. The topological polar surface area (TPSA) is 62.8 Å². The molecule has 2 aromatic rings. The van der Waals surface area contributed by atoms with Crippen molar-refractivity contribution >= 4 is 33.3 Å². The van der Waals surface area contributed by atoms with E-state index in [2.05, 4.69) is 38.4 Å². The number of urea groups is 1. The number of hydrogen-bond acceptors (Lipinski definition) is 4. The Morgan fingerprint density at radius 2 is 1.91 bits per heavy atom. The minimum absolute atomic E-state index is 0.0120.